The number of carbonyl (C=O) groups excluding carboxylic acids is 2. The van der Waals surface area contributed by atoms with E-state index < -0.39 is 23.6 Å². The molecule has 0 fully saturated rings. The van der Waals surface area contributed by atoms with Crippen molar-refractivity contribution in [3.8, 4) is 5.75 Å². The molecule has 0 saturated heterocycles. The zero-order valence-corrected chi connectivity index (χ0v) is 13.5. The molecule has 6 nitrogen and oxygen atoms in total. The third kappa shape index (κ3) is 5.07. The summed E-state index contributed by atoms with van der Waals surface area (Å²) in [7, 11) is 1.48. The van der Waals surface area contributed by atoms with Gasteiger partial charge in [-0.1, -0.05) is 18.2 Å². The first kappa shape index (κ1) is 19.0. The number of nitrogens with zero attached hydrogens (tertiary/aromatic N) is 1. The standard InChI is InChI=1S/C17H14F3N3O3/c1-26-13-8-6-12(7-9-13)22-15(24)16(25)23-21-10-11-4-2-3-5-14(11)17(18,19)20/h2-10H,1H3,(H,22,24)(H,23,25)/b21-10-. The smallest absolute Gasteiger partial charge is 0.417 e. The lowest BCUT2D eigenvalue weighted by molar-refractivity contribution is -0.137. The van der Waals surface area contributed by atoms with Crippen LogP contribution in [-0.4, -0.2) is 25.1 Å². The van der Waals surface area contributed by atoms with E-state index in [4.69, 9.17) is 4.74 Å². The molecule has 0 radical (unpaired) electrons. The molecule has 0 aliphatic carbocycles. The van der Waals surface area contributed by atoms with Gasteiger partial charge in [0.1, 0.15) is 5.75 Å². The Labute approximate surface area is 146 Å². The van der Waals surface area contributed by atoms with Crippen LogP contribution in [0.1, 0.15) is 11.1 Å². The topological polar surface area (TPSA) is 79.8 Å². The number of benzene rings is 2. The number of nitrogens with one attached hydrogen (secondary N) is 2. The number of halogens is 3. The number of methoxy groups -OCH3 is 1. The molecule has 2 N–H and O–H groups in total. The van der Waals surface area contributed by atoms with Crippen LogP contribution in [0.4, 0.5) is 18.9 Å². The molecule has 0 spiro atoms. The number of anilines is 1. The predicted octanol–water partition coefficient (Wildman–Crippen LogP) is 2.80. The molecule has 2 aromatic rings. The van der Waals surface area contributed by atoms with Crippen LogP contribution in [-0.2, 0) is 15.8 Å². The third-order valence-electron chi connectivity index (χ3n) is 3.19. The van der Waals surface area contributed by atoms with E-state index in [0.717, 1.165) is 12.3 Å². The van der Waals surface area contributed by atoms with Gasteiger partial charge in [0.05, 0.1) is 18.9 Å². The van der Waals surface area contributed by atoms with Crippen molar-refractivity contribution in [1.29, 1.82) is 0 Å². The van der Waals surface area contributed by atoms with Gasteiger partial charge in [-0.3, -0.25) is 9.59 Å². The molecule has 0 heterocycles. The molecule has 0 atom stereocenters. The lowest BCUT2D eigenvalue weighted by Crippen LogP contribution is -2.32. The van der Waals surface area contributed by atoms with Crippen molar-refractivity contribution in [2.45, 2.75) is 6.18 Å². The van der Waals surface area contributed by atoms with Gasteiger partial charge in [-0.15, -0.1) is 0 Å². The maximum atomic E-state index is 12.8. The van der Waals surface area contributed by atoms with Crippen LogP contribution in [0.5, 0.6) is 5.75 Å². The SMILES string of the molecule is COc1ccc(NC(=O)C(=O)N/N=C\c2ccccc2C(F)(F)F)cc1. The van der Waals surface area contributed by atoms with E-state index in [2.05, 4.69) is 10.4 Å². The zero-order valence-electron chi connectivity index (χ0n) is 13.5. The second-order valence-electron chi connectivity index (χ2n) is 4.97. The first-order valence-corrected chi connectivity index (χ1v) is 7.26. The molecular formula is C17H14F3N3O3. The van der Waals surface area contributed by atoms with Crippen LogP contribution in [0, 0.1) is 0 Å². The monoisotopic (exact) mass is 365 g/mol. The predicted molar refractivity (Wildman–Crippen MR) is 88.8 cm³/mol. The lowest BCUT2D eigenvalue weighted by Gasteiger charge is -2.09. The quantitative estimate of drug-likeness (QED) is 0.497. The Bertz CT molecular complexity index is 818. The zero-order chi connectivity index (χ0) is 19.2. The Morgan fingerprint density at radius 1 is 1.04 bits per heavy atom. The van der Waals surface area contributed by atoms with Gasteiger partial charge in [0.15, 0.2) is 0 Å². The van der Waals surface area contributed by atoms with E-state index in [0.29, 0.717) is 11.4 Å². The summed E-state index contributed by atoms with van der Waals surface area (Å²) < 4.78 is 43.5. The summed E-state index contributed by atoms with van der Waals surface area (Å²) in [5.74, 6) is -1.57. The average Bonchev–Trinajstić information content (AvgIpc) is 2.61. The lowest BCUT2D eigenvalue weighted by atomic mass is 10.1. The summed E-state index contributed by atoms with van der Waals surface area (Å²) in [5.41, 5.74) is 1.08. The fourth-order valence-corrected chi connectivity index (χ4v) is 1.94. The van der Waals surface area contributed by atoms with Gasteiger partial charge < -0.3 is 10.1 Å². The molecule has 0 aromatic heterocycles. The highest BCUT2D eigenvalue weighted by Crippen LogP contribution is 2.31. The van der Waals surface area contributed by atoms with Crippen molar-refractivity contribution in [3.05, 3.63) is 59.7 Å². The van der Waals surface area contributed by atoms with Crippen LogP contribution in [0.2, 0.25) is 0 Å². The second kappa shape index (κ2) is 8.15. The van der Waals surface area contributed by atoms with Crippen molar-refractivity contribution in [2.24, 2.45) is 5.10 Å². The van der Waals surface area contributed by atoms with Gasteiger partial charge in [0.2, 0.25) is 0 Å². The fourth-order valence-electron chi connectivity index (χ4n) is 1.94. The van der Waals surface area contributed by atoms with Gasteiger partial charge >= 0.3 is 18.0 Å². The molecule has 0 saturated carbocycles. The first-order chi connectivity index (χ1) is 12.3. The minimum Gasteiger partial charge on any atom is -0.497 e. The summed E-state index contributed by atoms with van der Waals surface area (Å²) in [5, 5.41) is 5.72. The summed E-state index contributed by atoms with van der Waals surface area (Å²) in [6, 6.07) is 10.9. The number of alkyl halides is 3. The second-order valence-corrected chi connectivity index (χ2v) is 4.97. The summed E-state index contributed by atoms with van der Waals surface area (Å²) in [6.45, 7) is 0. The Morgan fingerprint density at radius 3 is 2.31 bits per heavy atom. The maximum Gasteiger partial charge on any atom is 0.417 e. The average molecular weight is 365 g/mol. The summed E-state index contributed by atoms with van der Waals surface area (Å²) >= 11 is 0. The Hall–Kier alpha value is -3.36. The van der Waals surface area contributed by atoms with Crippen LogP contribution in [0.3, 0.4) is 0 Å². The van der Waals surface area contributed by atoms with Gasteiger partial charge in [-0.05, 0) is 30.3 Å². The minimum absolute atomic E-state index is 0.240. The van der Waals surface area contributed by atoms with E-state index in [1.165, 1.54) is 37.4 Å². The minimum atomic E-state index is -4.56. The normalized spacial score (nSPS) is 11.2. The number of amides is 2. The number of ether oxygens (including phenoxy) is 1. The highest BCUT2D eigenvalue weighted by molar-refractivity contribution is 6.39. The molecule has 9 heteroatoms. The third-order valence-corrected chi connectivity index (χ3v) is 3.19. The van der Waals surface area contributed by atoms with Crippen molar-refractivity contribution < 1.29 is 27.5 Å². The van der Waals surface area contributed by atoms with Crippen LogP contribution >= 0.6 is 0 Å². The molecule has 136 valence electrons. The van der Waals surface area contributed by atoms with E-state index in [-0.39, 0.29) is 5.56 Å². The number of carbonyl (C=O) groups is 2. The van der Waals surface area contributed by atoms with E-state index in [1.807, 2.05) is 5.43 Å². The van der Waals surface area contributed by atoms with Gasteiger partial charge in [-0.2, -0.15) is 18.3 Å². The Balaban J connectivity index is 1.97. The Kier molecular flexibility index (Phi) is 5.94. The van der Waals surface area contributed by atoms with Crippen molar-refractivity contribution in [2.75, 3.05) is 12.4 Å². The molecular weight excluding hydrogens is 351 g/mol. The van der Waals surface area contributed by atoms with Gasteiger partial charge in [0, 0.05) is 11.3 Å². The number of hydrogen-bond donors (Lipinski definition) is 2. The van der Waals surface area contributed by atoms with Crippen LogP contribution in [0.25, 0.3) is 0 Å². The van der Waals surface area contributed by atoms with E-state index >= 15 is 0 Å². The van der Waals surface area contributed by atoms with Crippen LogP contribution in [0.15, 0.2) is 53.6 Å². The molecule has 26 heavy (non-hydrogen) atoms. The van der Waals surface area contributed by atoms with E-state index in [1.54, 1.807) is 12.1 Å². The molecule has 0 unspecified atom stereocenters. The molecule has 0 aliphatic rings. The number of hydrogen-bond acceptors (Lipinski definition) is 4. The molecule has 2 amide bonds. The number of rotatable bonds is 4. The molecule has 0 bridgehead atoms. The molecule has 2 aromatic carbocycles. The Morgan fingerprint density at radius 2 is 1.69 bits per heavy atom. The molecule has 0 aliphatic heterocycles. The van der Waals surface area contributed by atoms with E-state index in [9.17, 15) is 22.8 Å². The first-order valence-electron chi connectivity index (χ1n) is 7.26. The largest absolute Gasteiger partial charge is 0.497 e. The summed E-state index contributed by atoms with van der Waals surface area (Å²) in [6.07, 6.45) is -3.74. The maximum absolute atomic E-state index is 12.8. The highest BCUT2D eigenvalue weighted by Gasteiger charge is 2.32. The fraction of sp³-hybridized carbons (Fsp3) is 0.118. The van der Waals surface area contributed by atoms with Crippen molar-refractivity contribution >= 4 is 23.7 Å². The van der Waals surface area contributed by atoms with Gasteiger partial charge in [-0.25, -0.2) is 5.43 Å². The van der Waals surface area contributed by atoms with Crippen molar-refractivity contribution in [1.82, 2.24) is 5.43 Å². The molecule has 2 rings (SSSR count). The van der Waals surface area contributed by atoms with Crippen molar-refractivity contribution in [3.63, 3.8) is 0 Å². The van der Waals surface area contributed by atoms with Gasteiger partial charge in [0.25, 0.3) is 0 Å². The van der Waals surface area contributed by atoms with Crippen LogP contribution < -0.4 is 15.5 Å². The highest BCUT2D eigenvalue weighted by atomic mass is 19.4. The summed E-state index contributed by atoms with van der Waals surface area (Å²) in [4.78, 5) is 23.4. The number of hydrazone groups is 1.